The van der Waals surface area contributed by atoms with Gasteiger partial charge in [-0.1, -0.05) is 0 Å². The first-order chi connectivity index (χ1) is 6.19. The average Bonchev–Trinajstić information content (AvgIpc) is 2.54. The van der Waals surface area contributed by atoms with E-state index in [2.05, 4.69) is 15.9 Å². The van der Waals surface area contributed by atoms with Gasteiger partial charge in [-0.15, -0.1) is 0 Å². The van der Waals surface area contributed by atoms with Crippen LogP contribution in [0.15, 0.2) is 26.8 Å². The number of aliphatic hydroxyl groups is 1. The molecule has 1 N–H and O–H groups in total. The van der Waals surface area contributed by atoms with E-state index in [1.54, 1.807) is 12.1 Å². The van der Waals surface area contributed by atoms with Crippen molar-refractivity contribution in [3.05, 3.63) is 28.1 Å². The van der Waals surface area contributed by atoms with Crippen LogP contribution in [0.3, 0.4) is 0 Å². The molecule has 0 saturated carbocycles. The van der Waals surface area contributed by atoms with Crippen LogP contribution in [0.1, 0.15) is 5.76 Å². The summed E-state index contributed by atoms with van der Waals surface area (Å²) in [5.41, 5.74) is -0.373. The number of halogens is 1. The molecule has 0 aliphatic carbocycles. The molecule has 0 bridgehead atoms. The van der Waals surface area contributed by atoms with Gasteiger partial charge >= 0.3 is 0 Å². The van der Waals surface area contributed by atoms with Gasteiger partial charge in [-0.05, 0) is 15.9 Å². The van der Waals surface area contributed by atoms with Crippen molar-refractivity contribution >= 4 is 21.7 Å². The largest absolute Gasteiger partial charge is 0.503 e. The van der Waals surface area contributed by atoms with E-state index in [0.717, 1.165) is 0 Å². The van der Waals surface area contributed by atoms with Crippen molar-refractivity contribution in [2.75, 3.05) is 0 Å². The molecule has 0 aliphatic rings. The number of aliphatic hydroxyl groups excluding tert-OH is 1. The maximum atomic E-state index is 9.31. The van der Waals surface area contributed by atoms with Crippen LogP contribution in [-0.4, -0.2) is 5.11 Å². The SMILES string of the molecule is N#CC(C#N)=C(O)c1cc(Br)co1. The molecular formula is C8H3BrN2O2. The van der Waals surface area contributed by atoms with Gasteiger partial charge in [-0.2, -0.15) is 10.5 Å². The fraction of sp³-hybridized carbons (Fsp3) is 0. The van der Waals surface area contributed by atoms with Crippen molar-refractivity contribution in [2.45, 2.75) is 0 Å². The highest BCUT2D eigenvalue weighted by molar-refractivity contribution is 9.10. The smallest absolute Gasteiger partial charge is 0.187 e. The molecule has 0 unspecified atom stereocenters. The molecular weight excluding hydrogens is 236 g/mol. The van der Waals surface area contributed by atoms with Crippen molar-refractivity contribution in [1.82, 2.24) is 0 Å². The molecule has 0 amide bonds. The first-order valence-corrected chi connectivity index (χ1v) is 3.96. The van der Waals surface area contributed by atoms with Crippen LogP contribution in [-0.2, 0) is 0 Å². The molecule has 1 rings (SSSR count). The molecule has 0 atom stereocenters. The summed E-state index contributed by atoms with van der Waals surface area (Å²) >= 11 is 3.10. The number of allylic oxidation sites excluding steroid dienone is 1. The Kier molecular flexibility index (Phi) is 2.73. The van der Waals surface area contributed by atoms with Crippen LogP contribution in [0, 0.1) is 22.7 Å². The summed E-state index contributed by atoms with van der Waals surface area (Å²) in [5, 5.41) is 26.2. The highest BCUT2D eigenvalue weighted by Crippen LogP contribution is 2.21. The Morgan fingerprint density at radius 2 is 2.08 bits per heavy atom. The van der Waals surface area contributed by atoms with Gasteiger partial charge in [0.15, 0.2) is 17.1 Å². The van der Waals surface area contributed by atoms with Gasteiger partial charge in [0.1, 0.15) is 18.4 Å². The molecule has 13 heavy (non-hydrogen) atoms. The van der Waals surface area contributed by atoms with Gasteiger partial charge in [0.2, 0.25) is 0 Å². The highest BCUT2D eigenvalue weighted by atomic mass is 79.9. The quantitative estimate of drug-likeness (QED) is 0.602. The van der Waals surface area contributed by atoms with Crippen LogP contribution in [0.5, 0.6) is 0 Å². The van der Waals surface area contributed by atoms with E-state index in [4.69, 9.17) is 14.9 Å². The van der Waals surface area contributed by atoms with Crippen molar-refractivity contribution in [2.24, 2.45) is 0 Å². The summed E-state index contributed by atoms with van der Waals surface area (Å²) in [6.07, 6.45) is 1.35. The molecule has 1 heterocycles. The lowest BCUT2D eigenvalue weighted by atomic mass is 10.2. The van der Waals surface area contributed by atoms with E-state index in [9.17, 15) is 5.11 Å². The standard InChI is InChI=1S/C8H3BrN2O2/c9-6-1-7(13-4-6)8(12)5(2-10)3-11/h1,4,12H. The van der Waals surface area contributed by atoms with Crippen LogP contribution < -0.4 is 0 Å². The van der Waals surface area contributed by atoms with Crippen molar-refractivity contribution in [3.8, 4) is 12.1 Å². The molecule has 1 aromatic rings. The molecule has 0 spiro atoms. The molecule has 64 valence electrons. The molecule has 0 radical (unpaired) electrons. The molecule has 4 nitrogen and oxygen atoms in total. The van der Waals surface area contributed by atoms with Crippen molar-refractivity contribution < 1.29 is 9.52 Å². The molecule has 0 aromatic carbocycles. The Morgan fingerprint density at radius 3 is 2.46 bits per heavy atom. The number of rotatable bonds is 1. The minimum Gasteiger partial charge on any atom is -0.503 e. The summed E-state index contributed by atoms with van der Waals surface area (Å²) in [7, 11) is 0. The lowest BCUT2D eigenvalue weighted by molar-refractivity contribution is 0.457. The lowest BCUT2D eigenvalue weighted by Gasteiger charge is -1.91. The first kappa shape index (κ1) is 9.37. The zero-order chi connectivity index (χ0) is 9.84. The van der Waals surface area contributed by atoms with Gasteiger partial charge in [0, 0.05) is 6.07 Å². The average molecular weight is 239 g/mol. The van der Waals surface area contributed by atoms with Gasteiger partial charge in [0.05, 0.1) is 4.47 Å². The Morgan fingerprint density at radius 1 is 1.46 bits per heavy atom. The van der Waals surface area contributed by atoms with Crippen LogP contribution in [0.2, 0.25) is 0 Å². The second kappa shape index (κ2) is 3.79. The van der Waals surface area contributed by atoms with Crippen molar-refractivity contribution in [3.63, 3.8) is 0 Å². The third-order valence-corrected chi connectivity index (χ3v) is 1.68. The summed E-state index contributed by atoms with van der Waals surface area (Å²) in [5.74, 6) is -0.360. The Hall–Kier alpha value is -1.72. The summed E-state index contributed by atoms with van der Waals surface area (Å²) in [4.78, 5) is 0. The fourth-order valence-electron chi connectivity index (χ4n) is 0.691. The lowest BCUT2D eigenvalue weighted by Crippen LogP contribution is -1.84. The van der Waals surface area contributed by atoms with E-state index < -0.39 is 5.76 Å². The predicted molar refractivity (Wildman–Crippen MR) is 47.2 cm³/mol. The number of furan rings is 1. The van der Waals surface area contributed by atoms with Crippen LogP contribution in [0.4, 0.5) is 0 Å². The van der Waals surface area contributed by atoms with Crippen molar-refractivity contribution in [1.29, 1.82) is 10.5 Å². The highest BCUT2D eigenvalue weighted by Gasteiger charge is 2.10. The Balaban J connectivity index is 3.19. The van der Waals surface area contributed by atoms with Crippen LogP contribution >= 0.6 is 15.9 Å². The second-order valence-corrected chi connectivity index (χ2v) is 2.99. The zero-order valence-corrected chi connectivity index (χ0v) is 7.87. The molecule has 0 aliphatic heterocycles. The molecule has 0 saturated heterocycles. The van der Waals surface area contributed by atoms with Gasteiger partial charge in [0.25, 0.3) is 0 Å². The summed E-state index contributed by atoms with van der Waals surface area (Å²) in [6, 6.07) is 4.57. The topological polar surface area (TPSA) is 81.0 Å². The number of hydrogen-bond acceptors (Lipinski definition) is 4. The second-order valence-electron chi connectivity index (χ2n) is 2.08. The van der Waals surface area contributed by atoms with Crippen LogP contribution in [0.25, 0.3) is 5.76 Å². The van der Waals surface area contributed by atoms with Gasteiger partial charge in [-0.3, -0.25) is 0 Å². The van der Waals surface area contributed by atoms with Gasteiger partial charge in [-0.25, -0.2) is 0 Å². The molecule has 1 aromatic heterocycles. The third-order valence-electron chi connectivity index (χ3n) is 1.26. The van der Waals surface area contributed by atoms with E-state index in [-0.39, 0.29) is 11.3 Å². The normalized spacial score (nSPS) is 8.54. The van der Waals surface area contributed by atoms with E-state index >= 15 is 0 Å². The van der Waals surface area contributed by atoms with Gasteiger partial charge < -0.3 is 9.52 Å². The monoisotopic (exact) mass is 238 g/mol. The third kappa shape index (κ3) is 1.90. The first-order valence-electron chi connectivity index (χ1n) is 3.17. The van der Waals surface area contributed by atoms with E-state index in [1.165, 1.54) is 12.3 Å². The molecule has 5 heteroatoms. The maximum absolute atomic E-state index is 9.31. The Labute approximate surface area is 82.4 Å². The predicted octanol–water partition coefficient (Wildman–Crippen LogP) is 2.36. The molecule has 0 fully saturated rings. The summed E-state index contributed by atoms with van der Waals surface area (Å²) in [6.45, 7) is 0. The maximum Gasteiger partial charge on any atom is 0.187 e. The number of nitriles is 2. The van der Waals surface area contributed by atoms with E-state index in [1.807, 2.05) is 0 Å². The summed E-state index contributed by atoms with van der Waals surface area (Å²) < 4.78 is 5.48. The Bertz CT molecular complexity index is 418. The number of hydrogen-bond donors (Lipinski definition) is 1. The fourth-order valence-corrected chi connectivity index (χ4v) is 0.993. The zero-order valence-electron chi connectivity index (χ0n) is 6.28. The van der Waals surface area contributed by atoms with E-state index in [0.29, 0.717) is 4.47 Å². The minimum atomic E-state index is -0.448. The minimum absolute atomic E-state index is 0.0879. The number of nitrogens with zero attached hydrogens (tertiary/aromatic N) is 2.